The van der Waals surface area contributed by atoms with Gasteiger partial charge in [-0.15, -0.1) is 0 Å². The van der Waals surface area contributed by atoms with E-state index in [4.69, 9.17) is 0 Å². The molecular formula is C13H15F3N2O2S. The lowest BCUT2D eigenvalue weighted by atomic mass is 10.1. The predicted octanol–water partition coefficient (Wildman–Crippen LogP) is 3.11. The summed E-state index contributed by atoms with van der Waals surface area (Å²) < 4.78 is 36.5. The smallest absolute Gasteiger partial charge is 0.273 e. The highest BCUT2D eigenvalue weighted by atomic mass is 32.2. The lowest BCUT2D eigenvalue weighted by molar-refractivity contribution is -0.122. The molecule has 0 aromatic heterocycles. The van der Waals surface area contributed by atoms with Crippen LogP contribution in [0.25, 0.3) is 0 Å². The van der Waals surface area contributed by atoms with Gasteiger partial charge in [0.05, 0.1) is 0 Å². The molecule has 0 heterocycles. The Labute approximate surface area is 124 Å². The van der Waals surface area contributed by atoms with Gasteiger partial charge in [-0.3, -0.25) is 20.4 Å². The molecule has 0 fully saturated rings. The Morgan fingerprint density at radius 3 is 2.19 bits per heavy atom. The maximum absolute atomic E-state index is 12.2. The number of hydrogen-bond acceptors (Lipinski definition) is 3. The Balaban J connectivity index is 2.54. The zero-order valence-corrected chi connectivity index (χ0v) is 12.3. The molecule has 21 heavy (non-hydrogen) atoms. The lowest BCUT2D eigenvalue weighted by Gasteiger charge is -2.09. The number of alkyl halides is 3. The number of halogens is 3. The van der Waals surface area contributed by atoms with Crippen LogP contribution in [-0.2, 0) is 4.79 Å². The third-order valence-electron chi connectivity index (χ3n) is 2.26. The second kappa shape index (κ2) is 7.35. The van der Waals surface area contributed by atoms with E-state index in [2.05, 4.69) is 10.9 Å². The average molecular weight is 320 g/mol. The molecule has 1 aromatic rings. The molecule has 0 bridgehead atoms. The molecule has 1 aromatic carbocycles. The summed E-state index contributed by atoms with van der Waals surface area (Å²) in [7, 11) is 0. The molecule has 0 radical (unpaired) electrons. The van der Waals surface area contributed by atoms with Crippen LogP contribution in [0.2, 0.25) is 0 Å². The number of nitrogens with one attached hydrogen (secondary N) is 2. The summed E-state index contributed by atoms with van der Waals surface area (Å²) in [6.07, 6.45) is 0.265. The van der Waals surface area contributed by atoms with E-state index >= 15 is 0 Å². The number of thioether (sulfide) groups is 1. The highest BCUT2D eigenvalue weighted by Gasteiger charge is 2.29. The maximum atomic E-state index is 12.2. The van der Waals surface area contributed by atoms with Gasteiger partial charge in [-0.2, -0.15) is 13.2 Å². The van der Waals surface area contributed by atoms with Crippen molar-refractivity contribution in [2.75, 3.05) is 0 Å². The minimum atomic E-state index is -4.37. The summed E-state index contributed by atoms with van der Waals surface area (Å²) in [5.74, 6) is -0.765. The topological polar surface area (TPSA) is 58.2 Å². The van der Waals surface area contributed by atoms with Gasteiger partial charge in [0, 0.05) is 16.9 Å². The standard InChI is InChI=1S/C13H15F3N2O2S/c1-8(2)7-11(19)17-18-12(20)9-3-5-10(6-4-9)21-13(14,15)16/h3-6,8H,7H2,1-2H3,(H,17,19)(H,18,20). The zero-order valence-electron chi connectivity index (χ0n) is 11.5. The molecule has 8 heteroatoms. The van der Waals surface area contributed by atoms with Gasteiger partial charge < -0.3 is 0 Å². The van der Waals surface area contributed by atoms with E-state index in [1.54, 1.807) is 0 Å². The number of rotatable bonds is 4. The number of hydrogen-bond donors (Lipinski definition) is 2. The normalized spacial score (nSPS) is 11.3. The van der Waals surface area contributed by atoms with Crippen LogP contribution in [0.4, 0.5) is 13.2 Å². The van der Waals surface area contributed by atoms with Gasteiger partial charge in [-0.1, -0.05) is 13.8 Å². The molecule has 0 unspecified atom stereocenters. The van der Waals surface area contributed by atoms with Gasteiger partial charge in [0.1, 0.15) is 0 Å². The summed E-state index contributed by atoms with van der Waals surface area (Å²) in [5.41, 5.74) is 0.238. The summed E-state index contributed by atoms with van der Waals surface area (Å²) in [6.45, 7) is 3.72. The Morgan fingerprint density at radius 2 is 1.71 bits per heavy atom. The van der Waals surface area contributed by atoms with Crippen LogP contribution < -0.4 is 10.9 Å². The van der Waals surface area contributed by atoms with Crippen LogP contribution in [0.15, 0.2) is 29.2 Å². The number of hydrazine groups is 1. The number of carbonyl (C=O) groups is 2. The molecule has 0 aliphatic carbocycles. The van der Waals surface area contributed by atoms with E-state index in [-0.39, 0.29) is 40.5 Å². The van der Waals surface area contributed by atoms with Crippen molar-refractivity contribution >= 4 is 23.6 Å². The molecule has 0 saturated carbocycles. The Hall–Kier alpha value is -1.70. The highest BCUT2D eigenvalue weighted by Crippen LogP contribution is 2.36. The van der Waals surface area contributed by atoms with E-state index in [1.165, 1.54) is 24.3 Å². The number of carbonyl (C=O) groups excluding carboxylic acids is 2. The van der Waals surface area contributed by atoms with Gasteiger partial charge in [-0.05, 0) is 41.9 Å². The van der Waals surface area contributed by atoms with Crippen LogP contribution in [0, 0.1) is 5.92 Å². The van der Waals surface area contributed by atoms with Gasteiger partial charge in [0.15, 0.2) is 0 Å². The fourth-order valence-electron chi connectivity index (χ4n) is 1.43. The first kappa shape index (κ1) is 17.4. The van der Waals surface area contributed by atoms with Crippen molar-refractivity contribution in [3.63, 3.8) is 0 Å². The van der Waals surface area contributed by atoms with Crippen LogP contribution in [0.3, 0.4) is 0 Å². The van der Waals surface area contributed by atoms with E-state index in [1.807, 2.05) is 13.8 Å². The third-order valence-corrected chi connectivity index (χ3v) is 3.00. The van der Waals surface area contributed by atoms with Crippen LogP contribution in [0.5, 0.6) is 0 Å². The van der Waals surface area contributed by atoms with Crippen LogP contribution >= 0.6 is 11.8 Å². The Morgan fingerprint density at radius 1 is 1.14 bits per heavy atom. The fraction of sp³-hybridized carbons (Fsp3) is 0.385. The summed E-state index contributed by atoms with van der Waals surface area (Å²) in [5, 5.41) is 0. The minimum Gasteiger partial charge on any atom is -0.273 e. The molecule has 4 nitrogen and oxygen atoms in total. The van der Waals surface area contributed by atoms with Crippen molar-refractivity contribution in [3.8, 4) is 0 Å². The first-order valence-corrected chi connectivity index (χ1v) is 6.94. The third kappa shape index (κ3) is 7.03. The SMILES string of the molecule is CC(C)CC(=O)NNC(=O)c1ccc(SC(F)(F)F)cc1. The molecule has 2 amide bonds. The van der Waals surface area contributed by atoms with Gasteiger partial charge >= 0.3 is 5.51 Å². The van der Waals surface area contributed by atoms with Crippen LogP contribution in [-0.4, -0.2) is 17.3 Å². The lowest BCUT2D eigenvalue weighted by Crippen LogP contribution is -2.41. The summed E-state index contributed by atoms with van der Waals surface area (Å²) >= 11 is -0.255. The van der Waals surface area contributed by atoms with E-state index in [9.17, 15) is 22.8 Å². The molecule has 1 rings (SSSR count). The summed E-state index contributed by atoms with van der Waals surface area (Å²) in [4.78, 5) is 23.0. The molecule has 0 aliphatic rings. The van der Waals surface area contributed by atoms with E-state index < -0.39 is 11.4 Å². The second-order valence-electron chi connectivity index (χ2n) is 4.67. The van der Waals surface area contributed by atoms with Crippen molar-refractivity contribution in [1.82, 2.24) is 10.9 Å². The first-order chi connectivity index (χ1) is 9.67. The largest absolute Gasteiger partial charge is 0.446 e. The molecular weight excluding hydrogens is 305 g/mol. The van der Waals surface area contributed by atoms with Crippen LogP contribution in [0.1, 0.15) is 30.6 Å². The quantitative estimate of drug-likeness (QED) is 0.662. The van der Waals surface area contributed by atoms with E-state index in [0.29, 0.717) is 0 Å². The molecule has 0 saturated heterocycles. The second-order valence-corrected chi connectivity index (χ2v) is 5.81. The van der Waals surface area contributed by atoms with Gasteiger partial charge in [-0.25, -0.2) is 0 Å². The van der Waals surface area contributed by atoms with Crippen molar-refractivity contribution < 1.29 is 22.8 Å². The van der Waals surface area contributed by atoms with Crippen molar-refractivity contribution in [1.29, 1.82) is 0 Å². The number of benzene rings is 1. The molecule has 2 N–H and O–H groups in total. The van der Waals surface area contributed by atoms with Crippen molar-refractivity contribution in [2.45, 2.75) is 30.7 Å². The highest BCUT2D eigenvalue weighted by molar-refractivity contribution is 8.00. The first-order valence-electron chi connectivity index (χ1n) is 6.12. The fourth-order valence-corrected chi connectivity index (χ4v) is 1.97. The minimum absolute atomic E-state index is 0.0112. The Kier molecular flexibility index (Phi) is 6.07. The average Bonchev–Trinajstić information content (AvgIpc) is 2.34. The molecule has 0 spiro atoms. The predicted molar refractivity (Wildman–Crippen MR) is 73.4 cm³/mol. The molecule has 0 aliphatic heterocycles. The monoisotopic (exact) mass is 320 g/mol. The number of amides is 2. The molecule has 0 atom stereocenters. The summed E-state index contributed by atoms with van der Waals surface area (Å²) in [6, 6.07) is 4.92. The van der Waals surface area contributed by atoms with E-state index in [0.717, 1.165) is 0 Å². The van der Waals surface area contributed by atoms with Gasteiger partial charge in [0.2, 0.25) is 5.91 Å². The zero-order chi connectivity index (χ0) is 16.0. The molecule has 116 valence electrons. The van der Waals surface area contributed by atoms with Gasteiger partial charge in [0.25, 0.3) is 5.91 Å². The Bertz CT molecular complexity index is 501. The maximum Gasteiger partial charge on any atom is 0.446 e. The van der Waals surface area contributed by atoms with Crippen molar-refractivity contribution in [3.05, 3.63) is 29.8 Å². The van der Waals surface area contributed by atoms with Crippen molar-refractivity contribution in [2.24, 2.45) is 5.92 Å².